The van der Waals surface area contributed by atoms with E-state index in [9.17, 15) is 0 Å². The van der Waals surface area contributed by atoms with Crippen molar-refractivity contribution >= 4 is 11.3 Å². The standard InChI is InChI=1S/C17H21N5O2S/c1-11-19-17(24-20-11)15-6-13(23-3)9-22(15)10-14-4-5-16(25-14)12-7-18-21(2)8-12/h4-5,7-8,13,15H,6,9-10H2,1-3H3/t13-,15+/m0/s1. The van der Waals surface area contributed by atoms with Crippen LogP contribution in [-0.2, 0) is 18.3 Å². The lowest BCUT2D eigenvalue weighted by atomic mass is 10.2. The molecule has 0 N–H and O–H groups in total. The predicted octanol–water partition coefficient (Wildman–Crippen LogP) is 2.80. The lowest BCUT2D eigenvalue weighted by Crippen LogP contribution is -2.24. The summed E-state index contributed by atoms with van der Waals surface area (Å²) in [6, 6.07) is 4.45. The molecule has 25 heavy (non-hydrogen) atoms. The van der Waals surface area contributed by atoms with Gasteiger partial charge in [-0.1, -0.05) is 5.16 Å². The quantitative estimate of drug-likeness (QED) is 0.698. The maximum Gasteiger partial charge on any atom is 0.244 e. The van der Waals surface area contributed by atoms with Crippen molar-refractivity contribution < 1.29 is 9.26 Å². The normalized spacial score (nSPS) is 21.2. The highest BCUT2D eigenvalue weighted by Gasteiger charge is 2.36. The van der Waals surface area contributed by atoms with Gasteiger partial charge in [0, 0.05) is 48.8 Å². The van der Waals surface area contributed by atoms with E-state index in [4.69, 9.17) is 9.26 Å². The van der Waals surface area contributed by atoms with Gasteiger partial charge in [-0.25, -0.2) is 0 Å². The van der Waals surface area contributed by atoms with E-state index in [0.29, 0.717) is 11.7 Å². The smallest absolute Gasteiger partial charge is 0.244 e. The van der Waals surface area contributed by atoms with Crippen molar-refractivity contribution in [3.8, 4) is 10.4 Å². The van der Waals surface area contributed by atoms with Gasteiger partial charge in [0.2, 0.25) is 5.89 Å². The Balaban J connectivity index is 1.53. The lowest BCUT2D eigenvalue weighted by Gasteiger charge is -2.20. The number of aryl methyl sites for hydroxylation is 2. The summed E-state index contributed by atoms with van der Waals surface area (Å²) in [5.41, 5.74) is 1.15. The zero-order valence-corrected chi connectivity index (χ0v) is 15.4. The third kappa shape index (κ3) is 3.37. The molecule has 7 nitrogen and oxygen atoms in total. The van der Waals surface area contributed by atoms with Crippen molar-refractivity contribution in [2.24, 2.45) is 7.05 Å². The molecule has 1 fully saturated rings. The van der Waals surface area contributed by atoms with Gasteiger partial charge in [-0.15, -0.1) is 11.3 Å². The summed E-state index contributed by atoms with van der Waals surface area (Å²) in [5.74, 6) is 1.35. The van der Waals surface area contributed by atoms with Gasteiger partial charge in [-0.2, -0.15) is 10.1 Å². The van der Waals surface area contributed by atoms with Gasteiger partial charge in [0.15, 0.2) is 5.82 Å². The van der Waals surface area contributed by atoms with Crippen molar-refractivity contribution in [1.82, 2.24) is 24.8 Å². The molecule has 0 aliphatic carbocycles. The number of rotatable bonds is 5. The van der Waals surface area contributed by atoms with Crippen LogP contribution in [0.15, 0.2) is 29.0 Å². The van der Waals surface area contributed by atoms with E-state index in [2.05, 4.69) is 32.3 Å². The Bertz CT molecular complexity index is 855. The molecule has 4 rings (SSSR count). The largest absolute Gasteiger partial charge is 0.380 e. The Morgan fingerprint density at radius 2 is 2.28 bits per heavy atom. The Morgan fingerprint density at radius 3 is 2.96 bits per heavy atom. The lowest BCUT2D eigenvalue weighted by molar-refractivity contribution is 0.107. The van der Waals surface area contributed by atoms with Crippen LogP contribution < -0.4 is 0 Å². The van der Waals surface area contributed by atoms with Crippen LogP contribution in [-0.4, -0.2) is 44.6 Å². The van der Waals surface area contributed by atoms with Gasteiger partial charge in [0.05, 0.1) is 18.3 Å². The molecule has 3 aromatic rings. The number of ether oxygens (including phenoxy) is 1. The minimum atomic E-state index is 0.107. The highest BCUT2D eigenvalue weighted by molar-refractivity contribution is 7.15. The van der Waals surface area contributed by atoms with Gasteiger partial charge in [0.1, 0.15) is 0 Å². The first kappa shape index (κ1) is 16.4. The summed E-state index contributed by atoms with van der Waals surface area (Å²) in [5, 5.41) is 8.19. The number of hydrogen-bond acceptors (Lipinski definition) is 7. The second-order valence-electron chi connectivity index (χ2n) is 6.39. The molecule has 0 amide bonds. The van der Waals surface area contributed by atoms with Crippen LogP contribution in [0.3, 0.4) is 0 Å². The van der Waals surface area contributed by atoms with Gasteiger partial charge in [0.25, 0.3) is 0 Å². The second kappa shape index (κ2) is 6.70. The summed E-state index contributed by atoms with van der Waals surface area (Å²) in [4.78, 5) is 9.32. The Kier molecular flexibility index (Phi) is 4.41. The fourth-order valence-corrected chi connectivity index (χ4v) is 4.29. The van der Waals surface area contributed by atoms with E-state index in [1.165, 1.54) is 9.75 Å². The van der Waals surface area contributed by atoms with Crippen LogP contribution >= 0.6 is 11.3 Å². The monoisotopic (exact) mass is 359 g/mol. The van der Waals surface area contributed by atoms with Gasteiger partial charge in [-0.3, -0.25) is 9.58 Å². The summed E-state index contributed by atoms with van der Waals surface area (Å²) in [6.07, 6.45) is 5.00. The van der Waals surface area contributed by atoms with E-state index in [1.54, 1.807) is 18.4 Å². The van der Waals surface area contributed by atoms with Crippen LogP contribution in [0.2, 0.25) is 0 Å². The van der Waals surface area contributed by atoms with Crippen molar-refractivity contribution in [1.29, 1.82) is 0 Å². The highest BCUT2D eigenvalue weighted by atomic mass is 32.1. The molecule has 0 saturated carbocycles. The average molecular weight is 359 g/mol. The van der Waals surface area contributed by atoms with E-state index >= 15 is 0 Å². The minimum absolute atomic E-state index is 0.107. The fraction of sp³-hybridized carbons (Fsp3) is 0.471. The molecule has 2 atom stereocenters. The Morgan fingerprint density at radius 1 is 1.40 bits per heavy atom. The zero-order valence-electron chi connectivity index (χ0n) is 14.5. The van der Waals surface area contributed by atoms with Gasteiger partial charge >= 0.3 is 0 Å². The van der Waals surface area contributed by atoms with Crippen molar-refractivity contribution in [3.63, 3.8) is 0 Å². The van der Waals surface area contributed by atoms with Gasteiger partial charge in [-0.05, 0) is 25.5 Å². The van der Waals surface area contributed by atoms with Crippen molar-refractivity contribution in [2.45, 2.75) is 32.0 Å². The van der Waals surface area contributed by atoms with E-state index in [1.807, 2.05) is 31.0 Å². The van der Waals surface area contributed by atoms with Crippen molar-refractivity contribution in [2.75, 3.05) is 13.7 Å². The molecule has 132 valence electrons. The summed E-state index contributed by atoms with van der Waals surface area (Å²) < 4.78 is 12.8. The van der Waals surface area contributed by atoms with E-state index < -0.39 is 0 Å². The van der Waals surface area contributed by atoms with Crippen LogP contribution in [0.1, 0.15) is 29.1 Å². The summed E-state index contributed by atoms with van der Waals surface area (Å²) in [7, 11) is 3.69. The third-order valence-electron chi connectivity index (χ3n) is 4.54. The number of thiophene rings is 1. The van der Waals surface area contributed by atoms with Gasteiger partial charge < -0.3 is 9.26 Å². The fourth-order valence-electron chi connectivity index (χ4n) is 3.28. The van der Waals surface area contributed by atoms with E-state index in [0.717, 1.165) is 25.1 Å². The zero-order chi connectivity index (χ0) is 17.4. The maximum absolute atomic E-state index is 5.58. The number of likely N-dealkylation sites (tertiary alicyclic amines) is 1. The van der Waals surface area contributed by atoms with Crippen LogP contribution in [0, 0.1) is 6.92 Å². The second-order valence-corrected chi connectivity index (χ2v) is 7.56. The number of methoxy groups -OCH3 is 1. The SMILES string of the molecule is CO[C@H]1C[C@H](c2nc(C)no2)N(Cc2ccc(-c3cnn(C)c3)s2)C1. The number of nitrogens with zero attached hydrogens (tertiary/aromatic N) is 5. The van der Waals surface area contributed by atoms with Crippen LogP contribution in [0.4, 0.5) is 0 Å². The molecule has 1 saturated heterocycles. The minimum Gasteiger partial charge on any atom is -0.380 e. The molecule has 0 spiro atoms. The molecular formula is C17H21N5O2S. The highest BCUT2D eigenvalue weighted by Crippen LogP contribution is 2.36. The number of hydrogen-bond donors (Lipinski definition) is 0. The van der Waals surface area contributed by atoms with Crippen LogP contribution in [0.5, 0.6) is 0 Å². The molecule has 3 aromatic heterocycles. The first-order valence-corrected chi connectivity index (χ1v) is 9.09. The first-order chi connectivity index (χ1) is 12.1. The number of aromatic nitrogens is 4. The Labute approximate surface area is 150 Å². The molecule has 1 aliphatic heterocycles. The van der Waals surface area contributed by atoms with Crippen molar-refractivity contribution in [3.05, 3.63) is 41.1 Å². The predicted molar refractivity (Wildman–Crippen MR) is 94.1 cm³/mol. The molecule has 1 aliphatic rings. The third-order valence-corrected chi connectivity index (χ3v) is 5.66. The molecular weight excluding hydrogens is 338 g/mol. The molecule has 4 heterocycles. The Hall–Kier alpha value is -2.03. The molecule has 0 unspecified atom stereocenters. The molecule has 0 radical (unpaired) electrons. The van der Waals surface area contributed by atoms with Crippen LogP contribution in [0.25, 0.3) is 10.4 Å². The average Bonchev–Trinajstić information content (AvgIpc) is 3.34. The topological polar surface area (TPSA) is 69.2 Å². The first-order valence-electron chi connectivity index (χ1n) is 8.27. The summed E-state index contributed by atoms with van der Waals surface area (Å²) in [6.45, 7) is 3.55. The maximum atomic E-state index is 5.58. The molecule has 0 aromatic carbocycles. The summed E-state index contributed by atoms with van der Waals surface area (Å²) >= 11 is 1.79. The molecule has 8 heteroatoms. The van der Waals surface area contributed by atoms with E-state index in [-0.39, 0.29) is 12.1 Å². The molecule has 0 bridgehead atoms.